The Morgan fingerprint density at radius 3 is 2.68 bits per heavy atom. The van der Waals surface area contributed by atoms with E-state index in [1.807, 2.05) is 24.3 Å². The van der Waals surface area contributed by atoms with Gasteiger partial charge in [0.05, 0.1) is 12.0 Å². The van der Waals surface area contributed by atoms with Crippen LogP contribution >= 0.6 is 50.8 Å². The third-order valence-corrected chi connectivity index (χ3v) is 7.20. The van der Waals surface area contributed by atoms with Gasteiger partial charge >= 0.3 is 0 Å². The van der Waals surface area contributed by atoms with Gasteiger partial charge in [0.2, 0.25) is 0 Å². The molecule has 2 aromatic carbocycles. The lowest BCUT2D eigenvalue weighted by atomic mass is 10.2. The molecule has 0 atom stereocenters. The summed E-state index contributed by atoms with van der Waals surface area (Å²) in [6.07, 6.45) is 1.61. The van der Waals surface area contributed by atoms with Crippen molar-refractivity contribution in [2.75, 3.05) is 5.75 Å². The van der Waals surface area contributed by atoms with E-state index in [1.54, 1.807) is 18.0 Å². The third kappa shape index (κ3) is 7.05. The predicted octanol–water partition coefficient (Wildman–Crippen LogP) is 5.14. The number of hydrogen-bond acceptors (Lipinski definition) is 7. The number of rotatable bonds is 8. The largest absolute Gasteiger partial charge is 0.272 e. The van der Waals surface area contributed by atoms with Crippen LogP contribution in [0.15, 0.2) is 66.8 Å². The Morgan fingerprint density at radius 2 is 1.93 bits per heavy atom. The first-order chi connectivity index (χ1) is 13.6. The van der Waals surface area contributed by atoms with E-state index in [2.05, 4.69) is 67.8 Å². The highest BCUT2D eigenvalue weighted by Crippen LogP contribution is 2.30. The quantitative estimate of drug-likeness (QED) is 0.267. The molecule has 28 heavy (non-hydrogen) atoms. The highest BCUT2D eigenvalue weighted by Gasteiger charge is 2.08. The van der Waals surface area contributed by atoms with Crippen LogP contribution in [-0.4, -0.2) is 28.1 Å². The number of nitrogens with one attached hydrogen (secondary N) is 1. The van der Waals surface area contributed by atoms with Crippen LogP contribution in [0.3, 0.4) is 0 Å². The van der Waals surface area contributed by atoms with E-state index >= 15 is 0 Å². The van der Waals surface area contributed by atoms with Crippen molar-refractivity contribution >= 4 is 62.9 Å². The summed E-state index contributed by atoms with van der Waals surface area (Å²) in [7, 11) is 0. The minimum Gasteiger partial charge on any atom is -0.272 e. The Balaban J connectivity index is 1.41. The molecule has 1 aromatic heterocycles. The van der Waals surface area contributed by atoms with Gasteiger partial charge in [-0.05, 0) is 30.2 Å². The van der Waals surface area contributed by atoms with E-state index in [9.17, 15) is 4.79 Å². The van der Waals surface area contributed by atoms with E-state index in [0.29, 0.717) is 0 Å². The number of hydrogen-bond donors (Lipinski definition) is 1. The number of halogens is 1. The topological polar surface area (TPSA) is 67.2 Å². The molecular weight excluding hydrogens is 476 g/mol. The van der Waals surface area contributed by atoms with Crippen molar-refractivity contribution in [3.05, 3.63) is 69.7 Å². The van der Waals surface area contributed by atoms with Crippen LogP contribution in [0.4, 0.5) is 0 Å². The molecule has 1 amide bonds. The van der Waals surface area contributed by atoms with E-state index in [0.717, 1.165) is 24.5 Å². The predicted molar refractivity (Wildman–Crippen MR) is 121 cm³/mol. The first-order valence-electron chi connectivity index (χ1n) is 8.30. The molecule has 1 heterocycles. The second-order valence-corrected chi connectivity index (χ2v) is 10.1. The molecule has 0 saturated heterocycles. The number of hydrazone groups is 1. The van der Waals surface area contributed by atoms with Crippen LogP contribution in [0.5, 0.6) is 0 Å². The summed E-state index contributed by atoms with van der Waals surface area (Å²) < 4.78 is 2.64. The summed E-state index contributed by atoms with van der Waals surface area (Å²) >= 11 is 7.91. The molecule has 5 nitrogen and oxygen atoms in total. The molecule has 0 spiro atoms. The Morgan fingerprint density at radius 1 is 1.18 bits per heavy atom. The van der Waals surface area contributed by atoms with Crippen molar-refractivity contribution in [3.8, 4) is 0 Å². The van der Waals surface area contributed by atoms with Crippen LogP contribution in [0, 0.1) is 6.92 Å². The molecule has 0 unspecified atom stereocenters. The standard InChI is InChI=1S/C19H17BrN4OS3/c1-13-5-7-14(8-6-13)11-26-18-23-24-19(28-18)27-12-17(25)22-21-10-15-3-2-4-16(20)9-15/h2-10H,11-12H2,1H3,(H,22,25). The summed E-state index contributed by atoms with van der Waals surface area (Å²) in [6, 6.07) is 16.1. The van der Waals surface area contributed by atoms with E-state index in [1.165, 1.54) is 34.2 Å². The summed E-state index contributed by atoms with van der Waals surface area (Å²) in [5.74, 6) is 0.914. The first-order valence-corrected chi connectivity index (χ1v) is 11.9. The lowest BCUT2D eigenvalue weighted by Gasteiger charge is -1.99. The second-order valence-electron chi connectivity index (χ2n) is 5.75. The molecule has 0 bridgehead atoms. The van der Waals surface area contributed by atoms with Gasteiger partial charge in [-0.1, -0.05) is 92.8 Å². The molecule has 9 heteroatoms. The Bertz CT molecular complexity index is 960. The average molecular weight is 493 g/mol. The van der Waals surface area contributed by atoms with Crippen molar-refractivity contribution in [1.82, 2.24) is 15.6 Å². The number of carbonyl (C=O) groups is 1. The molecule has 0 aliphatic rings. The summed E-state index contributed by atoms with van der Waals surface area (Å²) in [6.45, 7) is 2.08. The van der Waals surface area contributed by atoms with Crippen LogP contribution in [0.25, 0.3) is 0 Å². The molecule has 144 valence electrons. The number of benzene rings is 2. The maximum absolute atomic E-state index is 11.9. The van der Waals surface area contributed by atoms with Crippen molar-refractivity contribution < 1.29 is 4.79 Å². The average Bonchev–Trinajstić information content (AvgIpc) is 3.14. The molecule has 0 radical (unpaired) electrons. The zero-order valence-electron chi connectivity index (χ0n) is 15.0. The lowest BCUT2D eigenvalue weighted by Crippen LogP contribution is -2.19. The van der Waals surface area contributed by atoms with Crippen LogP contribution < -0.4 is 5.43 Å². The van der Waals surface area contributed by atoms with E-state index in [4.69, 9.17) is 0 Å². The fourth-order valence-electron chi connectivity index (χ4n) is 2.07. The van der Waals surface area contributed by atoms with Gasteiger partial charge in [0.1, 0.15) is 0 Å². The van der Waals surface area contributed by atoms with Gasteiger partial charge in [0.25, 0.3) is 5.91 Å². The lowest BCUT2D eigenvalue weighted by molar-refractivity contribution is -0.118. The molecule has 3 rings (SSSR count). The number of aryl methyl sites for hydroxylation is 1. The van der Waals surface area contributed by atoms with Gasteiger partial charge in [-0.25, -0.2) is 5.43 Å². The fourth-order valence-corrected chi connectivity index (χ4v) is 5.25. The molecule has 0 saturated carbocycles. The zero-order chi connectivity index (χ0) is 19.8. The molecule has 3 aromatic rings. The Kier molecular flexibility index (Phi) is 8.08. The molecule has 1 N–H and O–H groups in total. The van der Waals surface area contributed by atoms with E-state index < -0.39 is 0 Å². The summed E-state index contributed by atoms with van der Waals surface area (Å²) in [5, 5.41) is 12.3. The minimum atomic E-state index is -0.180. The minimum absolute atomic E-state index is 0.180. The molecule has 0 fully saturated rings. The molecule has 0 aliphatic carbocycles. The highest BCUT2D eigenvalue weighted by molar-refractivity contribution is 9.10. The van der Waals surface area contributed by atoms with Gasteiger partial charge in [-0.3, -0.25) is 4.79 Å². The smallest absolute Gasteiger partial charge is 0.250 e. The van der Waals surface area contributed by atoms with Gasteiger partial charge in [-0.15, -0.1) is 10.2 Å². The number of carbonyl (C=O) groups excluding carboxylic acids is 1. The van der Waals surface area contributed by atoms with Crippen LogP contribution in [0.2, 0.25) is 0 Å². The zero-order valence-corrected chi connectivity index (χ0v) is 19.0. The van der Waals surface area contributed by atoms with Crippen molar-refractivity contribution in [1.29, 1.82) is 0 Å². The van der Waals surface area contributed by atoms with Gasteiger partial charge in [-0.2, -0.15) is 5.10 Å². The van der Waals surface area contributed by atoms with Gasteiger partial charge < -0.3 is 0 Å². The SMILES string of the molecule is Cc1ccc(CSc2nnc(SCC(=O)NN=Cc3cccc(Br)c3)s2)cc1. The van der Waals surface area contributed by atoms with Gasteiger partial charge in [0.15, 0.2) is 8.68 Å². The number of aromatic nitrogens is 2. The first kappa shape index (κ1) is 21.0. The van der Waals surface area contributed by atoms with Crippen molar-refractivity contribution in [3.63, 3.8) is 0 Å². The van der Waals surface area contributed by atoms with Crippen molar-refractivity contribution in [2.24, 2.45) is 5.10 Å². The Labute approximate surface area is 184 Å². The maximum atomic E-state index is 11.9. The normalized spacial score (nSPS) is 11.1. The van der Waals surface area contributed by atoms with E-state index in [-0.39, 0.29) is 11.7 Å². The highest BCUT2D eigenvalue weighted by atomic mass is 79.9. The monoisotopic (exact) mass is 492 g/mol. The van der Waals surface area contributed by atoms with Crippen molar-refractivity contribution in [2.45, 2.75) is 21.4 Å². The number of amides is 1. The number of nitrogens with zero attached hydrogens (tertiary/aromatic N) is 3. The van der Waals surface area contributed by atoms with Gasteiger partial charge in [0, 0.05) is 10.2 Å². The number of thioether (sulfide) groups is 2. The van der Waals surface area contributed by atoms with Crippen LogP contribution in [0.1, 0.15) is 16.7 Å². The molecular formula is C19H17BrN4OS3. The Hall–Kier alpha value is -1.68. The third-order valence-electron chi connectivity index (χ3n) is 3.45. The second kappa shape index (κ2) is 10.8. The molecule has 0 aliphatic heterocycles. The maximum Gasteiger partial charge on any atom is 0.250 e. The van der Waals surface area contributed by atoms with Crippen LogP contribution in [-0.2, 0) is 10.5 Å². The fraction of sp³-hybridized carbons (Fsp3) is 0.158. The summed E-state index contributed by atoms with van der Waals surface area (Å²) in [5.41, 5.74) is 5.93. The summed E-state index contributed by atoms with van der Waals surface area (Å²) in [4.78, 5) is 11.9.